The molecule has 3 aromatic rings. The van der Waals surface area contributed by atoms with Gasteiger partial charge in [-0.05, 0) is 49.2 Å². The summed E-state index contributed by atoms with van der Waals surface area (Å²) in [6.45, 7) is 3.17. The lowest BCUT2D eigenvalue weighted by Crippen LogP contribution is -2.33. The van der Waals surface area contributed by atoms with E-state index in [2.05, 4.69) is 5.10 Å². The van der Waals surface area contributed by atoms with Crippen LogP contribution in [0.5, 0.6) is 11.5 Å². The summed E-state index contributed by atoms with van der Waals surface area (Å²) in [5.74, 6) is 0.793. The number of nitrogens with zero attached hydrogens (tertiary/aromatic N) is 4. The fraction of sp³-hybridized carbons (Fsp3) is 0.385. The van der Waals surface area contributed by atoms with Gasteiger partial charge in [0.1, 0.15) is 11.5 Å². The van der Waals surface area contributed by atoms with E-state index in [-0.39, 0.29) is 30.3 Å². The van der Waals surface area contributed by atoms with Crippen molar-refractivity contribution in [2.24, 2.45) is 0 Å². The van der Waals surface area contributed by atoms with E-state index >= 15 is 0 Å². The number of aliphatic hydroxyl groups is 1. The zero-order valence-corrected chi connectivity index (χ0v) is 22.8. The molecule has 0 unspecified atom stereocenters. The minimum Gasteiger partial charge on any atom is -0.497 e. The quantitative estimate of drug-likeness (QED) is 0.405. The molecule has 11 heteroatoms. The zero-order valence-electron chi connectivity index (χ0n) is 22.0. The smallest absolute Gasteiger partial charge is 0.263 e. The van der Waals surface area contributed by atoms with Crippen molar-refractivity contribution in [1.29, 1.82) is 0 Å². The van der Waals surface area contributed by atoms with E-state index in [0.29, 0.717) is 11.5 Å². The maximum atomic E-state index is 14.1. The highest BCUT2D eigenvalue weighted by Crippen LogP contribution is 2.27. The van der Waals surface area contributed by atoms with E-state index in [4.69, 9.17) is 9.47 Å². The Labute approximate surface area is 218 Å². The van der Waals surface area contributed by atoms with Crippen LogP contribution in [-0.4, -0.2) is 73.3 Å². The van der Waals surface area contributed by atoms with Gasteiger partial charge < -0.3 is 19.5 Å². The Morgan fingerprint density at radius 2 is 1.41 bits per heavy atom. The summed E-state index contributed by atoms with van der Waals surface area (Å²) in [7, 11) is 1.92. The molecule has 0 radical (unpaired) electrons. The van der Waals surface area contributed by atoms with E-state index in [9.17, 15) is 18.3 Å². The average molecular weight is 531 g/mol. The van der Waals surface area contributed by atoms with Gasteiger partial charge in [-0.15, -0.1) is 0 Å². The number of carbonyl (C=O) groups is 1. The Morgan fingerprint density at radius 3 is 1.78 bits per heavy atom. The minimum atomic E-state index is -4.28. The monoisotopic (exact) mass is 530 g/mol. The average Bonchev–Trinajstić information content (AvgIpc) is 3.36. The van der Waals surface area contributed by atoms with Crippen molar-refractivity contribution in [3.63, 3.8) is 0 Å². The molecule has 37 heavy (non-hydrogen) atoms. The predicted molar refractivity (Wildman–Crippen MR) is 139 cm³/mol. The van der Waals surface area contributed by atoms with Crippen LogP contribution in [0.4, 0.5) is 0 Å². The normalized spacial score (nSPS) is 12.0. The number of benzene rings is 2. The highest BCUT2D eigenvalue weighted by atomic mass is 32.2. The number of aliphatic hydroxyl groups excluding tert-OH is 1. The molecule has 1 N–H and O–H groups in total. The van der Waals surface area contributed by atoms with Gasteiger partial charge in [-0.25, -0.2) is 8.42 Å². The van der Waals surface area contributed by atoms with Crippen LogP contribution in [0, 0.1) is 0 Å². The van der Waals surface area contributed by atoms with Gasteiger partial charge in [0.25, 0.3) is 15.9 Å². The largest absolute Gasteiger partial charge is 0.497 e. The first-order valence-corrected chi connectivity index (χ1v) is 13.1. The molecule has 200 valence electrons. The third kappa shape index (κ3) is 6.30. The molecular weight excluding hydrogens is 496 g/mol. The summed E-state index contributed by atoms with van der Waals surface area (Å²) in [4.78, 5) is 14.3. The number of rotatable bonds is 11. The molecule has 0 saturated heterocycles. The summed E-state index contributed by atoms with van der Waals surface area (Å²) in [5.41, 5.74) is 0.467. The third-order valence-corrected chi connectivity index (χ3v) is 7.67. The molecule has 1 amide bonds. The Hall–Kier alpha value is -3.41. The highest BCUT2D eigenvalue weighted by Gasteiger charge is 2.35. The lowest BCUT2D eigenvalue weighted by atomic mass is 10.1. The van der Waals surface area contributed by atoms with Gasteiger partial charge in [0.2, 0.25) is 5.03 Å². The number of amides is 1. The van der Waals surface area contributed by atoms with Crippen LogP contribution in [0.1, 0.15) is 35.3 Å². The minimum absolute atomic E-state index is 0.0319. The molecule has 0 atom stereocenters. The number of ether oxygens (including phenoxy) is 2. The van der Waals surface area contributed by atoms with E-state index < -0.39 is 21.5 Å². The van der Waals surface area contributed by atoms with Crippen LogP contribution >= 0.6 is 0 Å². The molecule has 0 aliphatic rings. The molecule has 1 heterocycles. The molecule has 1 aromatic heterocycles. The summed E-state index contributed by atoms with van der Waals surface area (Å²) < 4.78 is 41.3. The first kappa shape index (κ1) is 28.2. The molecule has 10 nitrogen and oxygen atoms in total. The van der Waals surface area contributed by atoms with Crippen molar-refractivity contribution in [3.05, 3.63) is 71.4 Å². The van der Waals surface area contributed by atoms with Gasteiger partial charge in [0.05, 0.1) is 31.9 Å². The number of hydrogen-bond acceptors (Lipinski definition) is 7. The highest BCUT2D eigenvalue weighted by molar-refractivity contribution is 7.89. The van der Waals surface area contributed by atoms with E-state index in [0.717, 1.165) is 11.1 Å². The van der Waals surface area contributed by atoms with Crippen molar-refractivity contribution in [2.75, 3.05) is 34.9 Å². The van der Waals surface area contributed by atoms with Gasteiger partial charge in [-0.1, -0.05) is 24.3 Å². The topological polar surface area (TPSA) is 114 Å². The van der Waals surface area contributed by atoms with Crippen LogP contribution in [0.15, 0.2) is 59.8 Å². The molecule has 3 rings (SSSR count). The molecule has 2 aromatic carbocycles. The van der Waals surface area contributed by atoms with E-state index in [1.807, 2.05) is 0 Å². The van der Waals surface area contributed by atoms with Crippen molar-refractivity contribution in [2.45, 2.75) is 37.5 Å². The fourth-order valence-corrected chi connectivity index (χ4v) is 5.03. The number of hydrogen-bond donors (Lipinski definition) is 1. The standard InChI is InChI=1S/C26H34N4O6S/c1-26(2,18-31)30-17-23(25(32)28(3)4)24(27-30)37(33,34)29(15-19-7-11-21(35-5)12-8-19)16-20-9-13-22(36-6)14-10-20/h7-14,17,31H,15-16,18H2,1-6H3. The van der Waals surface area contributed by atoms with Crippen molar-refractivity contribution in [1.82, 2.24) is 19.0 Å². The maximum Gasteiger partial charge on any atom is 0.263 e. The first-order chi connectivity index (χ1) is 17.4. The number of methoxy groups -OCH3 is 2. The second-order valence-corrected chi connectivity index (χ2v) is 11.3. The molecule has 0 spiro atoms. The van der Waals surface area contributed by atoms with Crippen LogP contribution in [0.25, 0.3) is 0 Å². The Bertz CT molecular complexity index is 1270. The molecule has 0 fully saturated rings. The third-order valence-electron chi connectivity index (χ3n) is 5.94. The van der Waals surface area contributed by atoms with Gasteiger partial charge in [-0.3, -0.25) is 9.48 Å². The Balaban J connectivity index is 2.12. The summed E-state index contributed by atoms with van der Waals surface area (Å²) >= 11 is 0. The molecule has 0 aliphatic carbocycles. The van der Waals surface area contributed by atoms with Crippen LogP contribution in [-0.2, 0) is 28.7 Å². The first-order valence-electron chi connectivity index (χ1n) is 11.6. The zero-order chi connectivity index (χ0) is 27.4. The number of carbonyl (C=O) groups excluding carboxylic acids is 1. The number of aromatic nitrogens is 2. The maximum absolute atomic E-state index is 14.1. The number of sulfonamides is 1. The summed E-state index contributed by atoms with van der Waals surface area (Å²) in [5, 5.41) is 13.8. The summed E-state index contributed by atoms with van der Waals surface area (Å²) in [6.07, 6.45) is 1.38. The Morgan fingerprint density at radius 1 is 0.946 bits per heavy atom. The molecular formula is C26H34N4O6S. The van der Waals surface area contributed by atoms with Crippen LogP contribution in [0.2, 0.25) is 0 Å². The molecule has 0 saturated carbocycles. The molecule has 0 aliphatic heterocycles. The predicted octanol–water partition coefficient (Wildman–Crippen LogP) is 2.72. The lowest BCUT2D eigenvalue weighted by molar-refractivity contribution is 0.0823. The lowest BCUT2D eigenvalue weighted by Gasteiger charge is -2.23. The van der Waals surface area contributed by atoms with E-state index in [1.165, 1.54) is 20.1 Å². The molecule has 0 bridgehead atoms. The van der Waals surface area contributed by atoms with Crippen molar-refractivity contribution >= 4 is 15.9 Å². The van der Waals surface area contributed by atoms with Gasteiger partial charge in [0, 0.05) is 33.4 Å². The van der Waals surface area contributed by atoms with Gasteiger partial charge >= 0.3 is 0 Å². The van der Waals surface area contributed by atoms with Crippen molar-refractivity contribution < 1.29 is 27.8 Å². The second kappa shape index (κ2) is 11.3. The van der Waals surface area contributed by atoms with Crippen LogP contribution < -0.4 is 9.47 Å². The fourth-order valence-electron chi connectivity index (χ4n) is 3.54. The van der Waals surface area contributed by atoms with Gasteiger partial charge in [0.15, 0.2) is 0 Å². The summed E-state index contributed by atoms with van der Waals surface area (Å²) in [6, 6.07) is 14.2. The van der Waals surface area contributed by atoms with E-state index in [1.54, 1.807) is 90.7 Å². The SMILES string of the molecule is COc1ccc(CN(Cc2ccc(OC)cc2)S(=O)(=O)c2nn(C(C)(C)CO)cc2C(=O)N(C)C)cc1. The second-order valence-electron chi connectivity index (χ2n) is 9.43. The Kier molecular flexibility index (Phi) is 8.62. The van der Waals surface area contributed by atoms with Crippen LogP contribution in [0.3, 0.4) is 0 Å². The van der Waals surface area contributed by atoms with Gasteiger partial charge in [-0.2, -0.15) is 9.40 Å². The van der Waals surface area contributed by atoms with Crippen molar-refractivity contribution in [3.8, 4) is 11.5 Å².